The second-order valence-electron chi connectivity index (χ2n) is 4.32. The molecular weight excluding hydrogens is 214 g/mol. The lowest BCUT2D eigenvalue weighted by atomic mass is 10.0. The van der Waals surface area contributed by atoms with Crippen LogP contribution in [0, 0.1) is 0 Å². The zero-order valence-electron chi connectivity index (χ0n) is 10.9. The molecule has 2 atom stereocenters. The van der Waals surface area contributed by atoms with Crippen LogP contribution in [-0.2, 0) is 11.2 Å². The van der Waals surface area contributed by atoms with Gasteiger partial charge in [-0.2, -0.15) is 0 Å². The highest BCUT2D eigenvalue weighted by molar-refractivity contribution is 5.24. The average molecular weight is 237 g/mol. The van der Waals surface area contributed by atoms with Crippen molar-refractivity contribution in [1.29, 1.82) is 0 Å². The van der Waals surface area contributed by atoms with E-state index in [-0.39, 0.29) is 18.7 Å². The molecular formula is C14H23NO2. The first-order valence-corrected chi connectivity index (χ1v) is 6.16. The van der Waals surface area contributed by atoms with Crippen molar-refractivity contribution in [3.05, 3.63) is 35.4 Å². The van der Waals surface area contributed by atoms with Gasteiger partial charge in [0.1, 0.15) is 0 Å². The highest BCUT2D eigenvalue weighted by Crippen LogP contribution is 2.14. The summed E-state index contributed by atoms with van der Waals surface area (Å²) in [4.78, 5) is 0. The van der Waals surface area contributed by atoms with Gasteiger partial charge in [-0.15, -0.1) is 0 Å². The predicted octanol–water partition coefficient (Wildman–Crippen LogP) is 1.91. The third-order valence-electron chi connectivity index (χ3n) is 2.96. The zero-order valence-corrected chi connectivity index (χ0v) is 10.9. The summed E-state index contributed by atoms with van der Waals surface area (Å²) in [6.07, 6.45) is 1.06. The molecule has 0 amide bonds. The minimum Gasteiger partial charge on any atom is -0.395 e. The standard InChI is InChI=1S/C14H23NO2/c1-4-12-5-7-13(8-6-12)11(2)15-14(9-16)10-17-3/h5-8,11,14-16H,4,9-10H2,1-3H3. The molecule has 1 aromatic rings. The van der Waals surface area contributed by atoms with E-state index in [1.54, 1.807) is 7.11 Å². The van der Waals surface area contributed by atoms with E-state index in [0.717, 1.165) is 6.42 Å². The van der Waals surface area contributed by atoms with Gasteiger partial charge < -0.3 is 15.2 Å². The third kappa shape index (κ3) is 4.46. The maximum Gasteiger partial charge on any atom is 0.0638 e. The fraction of sp³-hybridized carbons (Fsp3) is 0.571. The molecule has 0 saturated heterocycles. The van der Waals surface area contributed by atoms with Crippen LogP contribution in [0.1, 0.15) is 31.0 Å². The van der Waals surface area contributed by atoms with Crippen LogP contribution in [0.5, 0.6) is 0 Å². The van der Waals surface area contributed by atoms with Gasteiger partial charge in [-0.3, -0.25) is 0 Å². The van der Waals surface area contributed by atoms with Crippen LogP contribution in [0.2, 0.25) is 0 Å². The Morgan fingerprint density at radius 1 is 1.29 bits per heavy atom. The van der Waals surface area contributed by atoms with Gasteiger partial charge in [0, 0.05) is 13.2 Å². The number of aliphatic hydroxyl groups excluding tert-OH is 1. The van der Waals surface area contributed by atoms with E-state index in [2.05, 4.69) is 43.4 Å². The third-order valence-corrected chi connectivity index (χ3v) is 2.96. The number of hydrogen-bond donors (Lipinski definition) is 2. The van der Waals surface area contributed by atoms with Gasteiger partial charge in [0.25, 0.3) is 0 Å². The molecule has 0 heterocycles. The summed E-state index contributed by atoms with van der Waals surface area (Å²) in [7, 11) is 1.64. The Bertz CT molecular complexity index is 311. The summed E-state index contributed by atoms with van der Waals surface area (Å²) in [6.45, 7) is 4.86. The first-order chi connectivity index (χ1) is 8.21. The SMILES string of the molecule is CCc1ccc(C(C)NC(CO)COC)cc1. The van der Waals surface area contributed by atoms with Crippen molar-refractivity contribution in [2.24, 2.45) is 0 Å². The summed E-state index contributed by atoms with van der Waals surface area (Å²) in [6, 6.07) is 8.78. The van der Waals surface area contributed by atoms with Gasteiger partial charge >= 0.3 is 0 Å². The summed E-state index contributed by atoms with van der Waals surface area (Å²) in [5, 5.41) is 12.5. The number of aryl methyl sites for hydroxylation is 1. The first-order valence-electron chi connectivity index (χ1n) is 6.16. The van der Waals surface area contributed by atoms with E-state index in [1.807, 2.05) is 0 Å². The molecule has 2 unspecified atom stereocenters. The molecule has 17 heavy (non-hydrogen) atoms. The number of nitrogens with one attached hydrogen (secondary N) is 1. The van der Waals surface area contributed by atoms with Crippen molar-refractivity contribution in [2.45, 2.75) is 32.4 Å². The van der Waals surface area contributed by atoms with Crippen molar-refractivity contribution < 1.29 is 9.84 Å². The molecule has 0 aliphatic carbocycles. The molecule has 2 N–H and O–H groups in total. The number of aliphatic hydroxyl groups is 1. The van der Waals surface area contributed by atoms with E-state index in [0.29, 0.717) is 6.61 Å². The van der Waals surface area contributed by atoms with Gasteiger partial charge in [-0.05, 0) is 24.5 Å². The van der Waals surface area contributed by atoms with Crippen molar-refractivity contribution >= 4 is 0 Å². The van der Waals surface area contributed by atoms with E-state index in [1.165, 1.54) is 11.1 Å². The molecule has 0 aromatic heterocycles. The summed E-state index contributed by atoms with van der Waals surface area (Å²) < 4.78 is 5.05. The van der Waals surface area contributed by atoms with Gasteiger partial charge in [0.15, 0.2) is 0 Å². The average Bonchev–Trinajstić information content (AvgIpc) is 2.38. The molecule has 96 valence electrons. The number of hydrogen-bond acceptors (Lipinski definition) is 3. The van der Waals surface area contributed by atoms with Crippen LogP contribution < -0.4 is 5.32 Å². The highest BCUT2D eigenvalue weighted by Gasteiger charge is 2.12. The number of ether oxygens (including phenoxy) is 1. The van der Waals surface area contributed by atoms with Crippen molar-refractivity contribution in [1.82, 2.24) is 5.32 Å². The maximum atomic E-state index is 9.19. The molecule has 3 nitrogen and oxygen atoms in total. The molecule has 1 rings (SSSR count). The molecule has 0 bridgehead atoms. The fourth-order valence-electron chi connectivity index (χ4n) is 1.85. The maximum absolute atomic E-state index is 9.19. The van der Waals surface area contributed by atoms with Crippen LogP contribution in [0.3, 0.4) is 0 Å². The minimum atomic E-state index is -0.0131. The van der Waals surface area contributed by atoms with E-state index in [9.17, 15) is 5.11 Å². The second-order valence-corrected chi connectivity index (χ2v) is 4.32. The van der Waals surface area contributed by atoms with Crippen molar-refractivity contribution in [3.8, 4) is 0 Å². The Morgan fingerprint density at radius 3 is 2.41 bits per heavy atom. The van der Waals surface area contributed by atoms with Crippen molar-refractivity contribution in [3.63, 3.8) is 0 Å². The van der Waals surface area contributed by atoms with Gasteiger partial charge in [-0.25, -0.2) is 0 Å². The van der Waals surface area contributed by atoms with E-state index < -0.39 is 0 Å². The van der Waals surface area contributed by atoms with Gasteiger partial charge in [0.2, 0.25) is 0 Å². The van der Waals surface area contributed by atoms with Gasteiger partial charge in [0.05, 0.1) is 19.3 Å². The Morgan fingerprint density at radius 2 is 1.94 bits per heavy atom. The Labute approximate surface area is 104 Å². The number of methoxy groups -OCH3 is 1. The highest BCUT2D eigenvalue weighted by atomic mass is 16.5. The van der Waals surface area contributed by atoms with E-state index in [4.69, 9.17) is 4.74 Å². The number of rotatable bonds is 7. The van der Waals surface area contributed by atoms with E-state index >= 15 is 0 Å². The summed E-state index contributed by atoms with van der Waals surface area (Å²) >= 11 is 0. The smallest absolute Gasteiger partial charge is 0.0638 e. The van der Waals surface area contributed by atoms with Crippen LogP contribution in [-0.4, -0.2) is 31.5 Å². The molecule has 0 aliphatic rings. The van der Waals surface area contributed by atoms with Gasteiger partial charge in [-0.1, -0.05) is 31.2 Å². The Hall–Kier alpha value is -0.900. The fourth-order valence-corrected chi connectivity index (χ4v) is 1.85. The topological polar surface area (TPSA) is 41.5 Å². The molecule has 0 fully saturated rings. The van der Waals surface area contributed by atoms with Crippen LogP contribution >= 0.6 is 0 Å². The lowest BCUT2D eigenvalue weighted by Crippen LogP contribution is -2.38. The lowest BCUT2D eigenvalue weighted by molar-refractivity contribution is 0.123. The quantitative estimate of drug-likeness (QED) is 0.761. The normalized spacial score (nSPS) is 14.6. The Balaban J connectivity index is 2.58. The second kappa shape index (κ2) is 7.43. The van der Waals surface area contributed by atoms with Crippen LogP contribution in [0.15, 0.2) is 24.3 Å². The predicted molar refractivity (Wildman–Crippen MR) is 70.1 cm³/mol. The number of benzene rings is 1. The van der Waals surface area contributed by atoms with Crippen LogP contribution in [0.25, 0.3) is 0 Å². The summed E-state index contributed by atoms with van der Waals surface area (Å²) in [5.41, 5.74) is 2.58. The monoisotopic (exact) mass is 237 g/mol. The molecule has 0 saturated carbocycles. The largest absolute Gasteiger partial charge is 0.395 e. The van der Waals surface area contributed by atoms with Crippen molar-refractivity contribution in [2.75, 3.05) is 20.3 Å². The molecule has 0 radical (unpaired) electrons. The molecule has 3 heteroatoms. The minimum absolute atomic E-state index is 0.0131. The zero-order chi connectivity index (χ0) is 12.7. The Kier molecular flexibility index (Phi) is 6.19. The molecule has 0 spiro atoms. The summed E-state index contributed by atoms with van der Waals surface area (Å²) in [5.74, 6) is 0. The molecule has 0 aliphatic heterocycles. The first kappa shape index (κ1) is 14.2. The molecule has 1 aromatic carbocycles. The lowest BCUT2D eigenvalue weighted by Gasteiger charge is -2.21. The van der Waals surface area contributed by atoms with Crippen LogP contribution in [0.4, 0.5) is 0 Å².